The first-order valence-corrected chi connectivity index (χ1v) is 7.41. The van der Waals surface area contributed by atoms with Gasteiger partial charge in [0.25, 0.3) is 0 Å². The predicted molar refractivity (Wildman–Crippen MR) is 80.0 cm³/mol. The maximum Gasteiger partial charge on any atom is 0.0793 e. The van der Waals surface area contributed by atoms with Crippen LogP contribution in [-0.2, 0) is 6.54 Å². The summed E-state index contributed by atoms with van der Waals surface area (Å²) in [5, 5.41) is 7.86. The standard InChI is InChI=1S/C14H19BrN4/c1-3-8-19-10-11(9-18-19)13(16-4-2)14-12(15)6-5-7-17-14/h5-7,9-10,13,16H,3-4,8H2,1-2H3. The number of aryl methyl sites for hydroxylation is 1. The molecule has 0 saturated heterocycles. The number of hydrogen-bond donors (Lipinski definition) is 1. The Morgan fingerprint density at radius 2 is 2.26 bits per heavy atom. The lowest BCUT2D eigenvalue weighted by Gasteiger charge is -2.17. The third kappa shape index (κ3) is 3.42. The summed E-state index contributed by atoms with van der Waals surface area (Å²) in [6.45, 7) is 6.08. The monoisotopic (exact) mass is 322 g/mol. The molecule has 1 atom stereocenters. The number of pyridine rings is 1. The van der Waals surface area contributed by atoms with Crippen LogP contribution in [0.2, 0.25) is 0 Å². The number of rotatable bonds is 6. The lowest BCUT2D eigenvalue weighted by molar-refractivity contribution is 0.593. The normalized spacial score (nSPS) is 12.6. The van der Waals surface area contributed by atoms with Gasteiger partial charge in [0.05, 0.1) is 17.9 Å². The zero-order valence-electron chi connectivity index (χ0n) is 11.3. The van der Waals surface area contributed by atoms with Gasteiger partial charge in [-0.05, 0) is 41.0 Å². The molecule has 5 heteroatoms. The highest BCUT2D eigenvalue weighted by Crippen LogP contribution is 2.26. The summed E-state index contributed by atoms with van der Waals surface area (Å²) >= 11 is 3.57. The Morgan fingerprint density at radius 1 is 1.42 bits per heavy atom. The maximum absolute atomic E-state index is 4.48. The smallest absolute Gasteiger partial charge is 0.0793 e. The largest absolute Gasteiger partial charge is 0.305 e. The highest BCUT2D eigenvalue weighted by atomic mass is 79.9. The minimum Gasteiger partial charge on any atom is -0.305 e. The van der Waals surface area contributed by atoms with Crippen molar-refractivity contribution in [3.05, 3.63) is 46.5 Å². The van der Waals surface area contributed by atoms with Crippen molar-refractivity contribution in [3.63, 3.8) is 0 Å². The van der Waals surface area contributed by atoms with E-state index in [1.807, 2.05) is 29.2 Å². The summed E-state index contributed by atoms with van der Waals surface area (Å²) in [5.41, 5.74) is 2.15. The van der Waals surface area contributed by atoms with E-state index < -0.39 is 0 Å². The molecule has 0 aliphatic rings. The second kappa shape index (κ2) is 6.82. The molecular formula is C14H19BrN4. The van der Waals surface area contributed by atoms with Gasteiger partial charge >= 0.3 is 0 Å². The molecule has 102 valence electrons. The Kier molecular flexibility index (Phi) is 5.10. The first kappa shape index (κ1) is 14.2. The summed E-state index contributed by atoms with van der Waals surface area (Å²) < 4.78 is 3.00. The molecule has 2 aromatic heterocycles. The van der Waals surface area contributed by atoms with Crippen molar-refractivity contribution in [1.82, 2.24) is 20.1 Å². The van der Waals surface area contributed by atoms with Gasteiger partial charge in [0.1, 0.15) is 0 Å². The molecule has 0 radical (unpaired) electrons. The molecule has 0 fully saturated rings. The SMILES string of the molecule is CCCn1cc(C(NCC)c2ncccc2Br)cn1. The first-order valence-electron chi connectivity index (χ1n) is 6.62. The van der Waals surface area contributed by atoms with Gasteiger partial charge in [0.15, 0.2) is 0 Å². The molecule has 0 saturated carbocycles. The van der Waals surface area contributed by atoms with E-state index in [1.165, 1.54) is 0 Å². The molecule has 1 unspecified atom stereocenters. The van der Waals surface area contributed by atoms with Crippen LogP contribution in [0.4, 0.5) is 0 Å². The summed E-state index contributed by atoms with van der Waals surface area (Å²) in [6, 6.07) is 4.02. The second-order valence-electron chi connectivity index (χ2n) is 4.40. The maximum atomic E-state index is 4.48. The average Bonchev–Trinajstić information content (AvgIpc) is 2.86. The lowest BCUT2D eigenvalue weighted by atomic mass is 10.1. The molecule has 2 rings (SSSR count). The second-order valence-corrected chi connectivity index (χ2v) is 5.25. The van der Waals surface area contributed by atoms with Crippen LogP contribution >= 0.6 is 15.9 Å². The highest BCUT2D eigenvalue weighted by molar-refractivity contribution is 9.10. The van der Waals surface area contributed by atoms with Gasteiger partial charge in [0.2, 0.25) is 0 Å². The molecule has 0 aliphatic carbocycles. The lowest BCUT2D eigenvalue weighted by Crippen LogP contribution is -2.23. The van der Waals surface area contributed by atoms with E-state index in [2.05, 4.69) is 51.4 Å². The summed E-state index contributed by atoms with van der Waals surface area (Å²) in [7, 11) is 0. The van der Waals surface area contributed by atoms with E-state index >= 15 is 0 Å². The van der Waals surface area contributed by atoms with Crippen molar-refractivity contribution >= 4 is 15.9 Å². The molecule has 2 heterocycles. The molecule has 19 heavy (non-hydrogen) atoms. The Balaban J connectivity index is 2.31. The topological polar surface area (TPSA) is 42.7 Å². The molecule has 1 N–H and O–H groups in total. The average molecular weight is 323 g/mol. The summed E-state index contributed by atoms with van der Waals surface area (Å²) in [5.74, 6) is 0. The summed E-state index contributed by atoms with van der Waals surface area (Å²) in [4.78, 5) is 4.48. The van der Waals surface area contributed by atoms with E-state index in [0.29, 0.717) is 0 Å². The Hall–Kier alpha value is -1.20. The number of halogens is 1. The number of aromatic nitrogens is 3. The van der Waals surface area contributed by atoms with Gasteiger partial charge in [0, 0.05) is 29.0 Å². The Morgan fingerprint density at radius 3 is 2.95 bits per heavy atom. The zero-order valence-corrected chi connectivity index (χ0v) is 12.9. The van der Waals surface area contributed by atoms with E-state index in [-0.39, 0.29) is 6.04 Å². The highest BCUT2D eigenvalue weighted by Gasteiger charge is 2.18. The van der Waals surface area contributed by atoms with E-state index in [4.69, 9.17) is 0 Å². The van der Waals surface area contributed by atoms with Crippen molar-refractivity contribution < 1.29 is 0 Å². The fraction of sp³-hybridized carbons (Fsp3) is 0.429. The zero-order chi connectivity index (χ0) is 13.7. The van der Waals surface area contributed by atoms with Crippen LogP contribution in [0.15, 0.2) is 35.2 Å². The number of hydrogen-bond acceptors (Lipinski definition) is 3. The van der Waals surface area contributed by atoms with Crippen molar-refractivity contribution in [2.75, 3.05) is 6.54 Å². The van der Waals surface area contributed by atoms with Crippen LogP contribution in [0.25, 0.3) is 0 Å². The Bertz CT molecular complexity index is 524. The Labute approximate surface area is 122 Å². The van der Waals surface area contributed by atoms with Gasteiger partial charge in [-0.2, -0.15) is 5.10 Å². The van der Waals surface area contributed by atoms with Gasteiger partial charge in [-0.15, -0.1) is 0 Å². The third-order valence-corrected chi connectivity index (χ3v) is 3.58. The van der Waals surface area contributed by atoms with Crippen molar-refractivity contribution in [3.8, 4) is 0 Å². The van der Waals surface area contributed by atoms with Crippen molar-refractivity contribution in [1.29, 1.82) is 0 Å². The van der Waals surface area contributed by atoms with Crippen LogP contribution in [-0.4, -0.2) is 21.3 Å². The van der Waals surface area contributed by atoms with E-state index in [9.17, 15) is 0 Å². The minimum absolute atomic E-state index is 0.0752. The fourth-order valence-corrected chi connectivity index (χ4v) is 2.55. The molecule has 0 aromatic carbocycles. The van der Waals surface area contributed by atoms with Gasteiger partial charge in [-0.25, -0.2) is 0 Å². The molecule has 0 spiro atoms. The van der Waals surface area contributed by atoms with Gasteiger partial charge in [-0.1, -0.05) is 13.8 Å². The molecule has 0 amide bonds. The fourth-order valence-electron chi connectivity index (χ4n) is 2.07. The van der Waals surface area contributed by atoms with Gasteiger partial charge in [-0.3, -0.25) is 9.67 Å². The van der Waals surface area contributed by atoms with Gasteiger partial charge < -0.3 is 5.32 Å². The molecule has 0 aliphatic heterocycles. The molecule has 0 bridgehead atoms. The third-order valence-electron chi connectivity index (χ3n) is 2.91. The van der Waals surface area contributed by atoms with E-state index in [1.54, 1.807) is 0 Å². The van der Waals surface area contributed by atoms with Crippen molar-refractivity contribution in [2.24, 2.45) is 0 Å². The number of nitrogens with zero attached hydrogens (tertiary/aromatic N) is 3. The predicted octanol–water partition coefficient (Wildman–Crippen LogP) is 3.15. The van der Waals surface area contributed by atoms with Crippen LogP contribution in [0.3, 0.4) is 0 Å². The summed E-state index contributed by atoms with van der Waals surface area (Å²) in [6.07, 6.45) is 6.92. The van der Waals surface area contributed by atoms with Crippen LogP contribution in [0, 0.1) is 0 Å². The van der Waals surface area contributed by atoms with Crippen molar-refractivity contribution in [2.45, 2.75) is 32.9 Å². The van der Waals surface area contributed by atoms with Crippen LogP contribution < -0.4 is 5.32 Å². The molecular weight excluding hydrogens is 304 g/mol. The van der Waals surface area contributed by atoms with E-state index in [0.717, 1.165) is 35.2 Å². The quantitative estimate of drug-likeness (QED) is 0.888. The first-order chi connectivity index (χ1) is 9.26. The van der Waals surface area contributed by atoms with Crippen LogP contribution in [0.5, 0.6) is 0 Å². The minimum atomic E-state index is 0.0752. The molecule has 4 nitrogen and oxygen atoms in total. The van der Waals surface area contributed by atoms with Crippen LogP contribution in [0.1, 0.15) is 37.6 Å². The number of nitrogens with one attached hydrogen (secondary N) is 1. The molecule has 2 aromatic rings.